The number of halogens is 2. The largest absolute Gasteiger partial charge is 0.337 e. The first-order valence-electron chi connectivity index (χ1n) is 11.0. The predicted octanol–water partition coefficient (Wildman–Crippen LogP) is 3.07. The Hall–Kier alpha value is -2.65. The molecule has 0 spiro atoms. The van der Waals surface area contributed by atoms with Crippen LogP contribution in [0, 0.1) is 5.92 Å². The molecular formula is C22H27Cl2N7O2. The number of anilines is 1. The third-order valence-corrected chi connectivity index (χ3v) is 6.43. The first kappa shape index (κ1) is 23.5. The smallest absolute Gasteiger partial charge is 0.291 e. The summed E-state index contributed by atoms with van der Waals surface area (Å²) < 4.78 is 3.40. The zero-order chi connectivity index (χ0) is 23.5. The molecule has 2 atom stereocenters. The number of rotatable bonds is 9. The number of likely N-dealkylation sites (N-methyl/N-ethyl adjacent to an activating group) is 1. The van der Waals surface area contributed by atoms with Crippen LogP contribution in [-0.4, -0.2) is 55.3 Å². The molecule has 1 unspecified atom stereocenters. The van der Waals surface area contributed by atoms with E-state index in [0.29, 0.717) is 42.8 Å². The van der Waals surface area contributed by atoms with E-state index in [0.717, 1.165) is 24.4 Å². The van der Waals surface area contributed by atoms with Gasteiger partial charge in [0.05, 0.1) is 12.2 Å². The van der Waals surface area contributed by atoms with Crippen molar-refractivity contribution in [2.45, 2.75) is 50.7 Å². The van der Waals surface area contributed by atoms with E-state index < -0.39 is 11.9 Å². The van der Waals surface area contributed by atoms with Crippen LogP contribution in [0.4, 0.5) is 5.82 Å². The number of carbonyl (C=O) groups excluding carboxylic acids is 2. The molecule has 2 aromatic rings. The van der Waals surface area contributed by atoms with Gasteiger partial charge in [-0.1, -0.05) is 30.3 Å². The van der Waals surface area contributed by atoms with Crippen LogP contribution in [0.3, 0.4) is 0 Å². The molecule has 2 amide bonds. The Morgan fingerprint density at radius 1 is 1.33 bits per heavy atom. The van der Waals surface area contributed by atoms with Gasteiger partial charge < -0.3 is 5.32 Å². The third kappa shape index (κ3) is 5.47. The average Bonchev–Trinajstić information content (AvgIpc) is 3.41. The number of hydrogen-bond acceptors (Lipinski definition) is 5. The molecule has 0 saturated heterocycles. The zero-order valence-corrected chi connectivity index (χ0v) is 20.0. The predicted molar refractivity (Wildman–Crippen MR) is 126 cm³/mol. The fraction of sp³-hybridized carbons (Fsp3) is 0.500. The Morgan fingerprint density at radius 3 is 2.82 bits per heavy atom. The van der Waals surface area contributed by atoms with Gasteiger partial charge in [-0.15, -0.1) is 16.7 Å². The number of allylic oxidation sites excluding steroid dienone is 3. The lowest BCUT2D eigenvalue weighted by Crippen LogP contribution is -2.47. The van der Waals surface area contributed by atoms with Gasteiger partial charge in [0.1, 0.15) is 18.2 Å². The molecule has 2 aliphatic rings. The van der Waals surface area contributed by atoms with E-state index in [-0.39, 0.29) is 17.6 Å². The number of fused-ring (bicyclic) bond motifs is 1. The number of carbonyl (C=O) groups is 2. The minimum absolute atomic E-state index is 0.00121. The van der Waals surface area contributed by atoms with Crippen molar-refractivity contribution in [1.29, 1.82) is 0 Å². The van der Waals surface area contributed by atoms with E-state index in [1.54, 1.807) is 16.6 Å². The molecule has 3 heterocycles. The summed E-state index contributed by atoms with van der Waals surface area (Å²) in [6.07, 6.45) is 8.64. The number of nitrogens with zero attached hydrogens (tertiary/aromatic N) is 6. The summed E-state index contributed by atoms with van der Waals surface area (Å²) in [4.78, 5) is 31.5. The summed E-state index contributed by atoms with van der Waals surface area (Å²) in [5.41, 5.74) is 1.04. The summed E-state index contributed by atoms with van der Waals surface area (Å²) in [6, 6.07) is 1.29. The standard InChI is InChI=1S/C22H27Cl2N7O2/c1-14(24)16(5-3-4-9-23)12-30-13-25-20(28-30)21(32)26-17-8-10-31-19(29(2)22(17)33)11-18(27-31)15-6-7-15/h3-4,11,13,15-17H,1,5-10,12H2,2H3,(H,26,32)/b4-3-/t16?,17-/m0/s1. The lowest BCUT2D eigenvalue weighted by atomic mass is 10.1. The zero-order valence-electron chi connectivity index (χ0n) is 18.5. The molecule has 1 aliphatic heterocycles. The van der Waals surface area contributed by atoms with Crippen LogP contribution in [0.25, 0.3) is 0 Å². The van der Waals surface area contributed by atoms with Crippen LogP contribution in [0.15, 0.2) is 36.2 Å². The Labute approximate surface area is 202 Å². The van der Waals surface area contributed by atoms with Gasteiger partial charge >= 0.3 is 0 Å². The number of alkyl halides is 1. The molecule has 33 heavy (non-hydrogen) atoms. The normalized spacial score (nSPS) is 19.4. The lowest BCUT2D eigenvalue weighted by molar-refractivity contribution is -0.120. The van der Waals surface area contributed by atoms with Crippen LogP contribution >= 0.6 is 23.2 Å². The molecule has 11 heteroatoms. The van der Waals surface area contributed by atoms with Gasteiger partial charge in [0, 0.05) is 42.4 Å². The Balaban J connectivity index is 1.38. The lowest BCUT2D eigenvalue weighted by Gasteiger charge is -2.20. The summed E-state index contributed by atoms with van der Waals surface area (Å²) in [5, 5.41) is 12.2. The van der Waals surface area contributed by atoms with Crippen LogP contribution in [0.5, 0.6) is 0 Å². The highest BCUT2D eigenvalue weighted by Crippen LogP contribution is 2.40. The molecule has 1 saturated carbocycles. The van der Waals surface area contributed by atoms with Gasteiger partial charge in [-0.05, 0) is 25.7 Å². The van der Waals surface area contributed by atoms with Gasteiger partial charge in [-0.25, -0.2) is 9.67 Å². The van der Waals surface area contributed by atoms with Gasteiger partial charge in [0.15, 0.2) is 0 Å². The maximum atomic E-state index is 13.0. The molecule has 1 fully saturated rings. The van der Waals surface area contributed by atoms with Gasteiger partial charge in [-0.3, -0.25) is 19.2 Å². The summed E-state index contributed by atoms with van der Waals surface area (Å²) in [6.45, 7) is 4.78. The highest BCUT2D eigenvalue weighted by Gasteiger charge is 2.34. The topological polar surface area (TPSA) is 97.9 Å². The Kier molecular flexibility index (Phi) is 7.19. The van der Waals surface area contributed by atoms with Crippen molar-refractivity contribution in [1.82, 2.24) is 29.9 Å². The molecule has 2 aromatic heterocycles. The van der Waals surface area contributed by atoms with E-state index in [2.05, 4.69) is 27.1 Å². The second kappa shape index (κ2) is 10.1. The maximum Gasteiger partial charge on any atom is 0.291 e. The van der Waals surface area contributed by atoms with Crippen LogP contribution in [0.1, 0.15) is 47.9 Å². The SMILES string of the molecule is C=C(Cl)C(C/C=C\CCl)Cn1cnc(C(=O)N[C@H]2CCn3nc(C4CC4)cc3N(C)C2=O)n1. The van der Waals surface area contributed by atoms with E-state index in [1.165, 1.54) is 6.33 Å². The van der Waals surface area contributed by atoms with Crippen molar-refractivity contribution in [2.75, 3.05) is 17.8 Å². The second-order valence-corrected chi connectivity index (χ2v) is 9.23. The van der Waals surface area contributed by atoms with Crippen molar-refractivity contribution in [3.63, 3.8) is 0 Å². The number of amides is 2. The van der Waals surface area contributed by atoms with E-state index in [4.69, 9.17) is 23.2 Å². The molecule has 0 aromatic carbocycles. The molecule has 176 valence electrons. The monoisotopic (exact) mass is 491 g/mol. The maximum absolute atomic E-state index is 13.0. The van der Waals surface area contributed by atoms with Crippen molar-refractivity contribution in [3.8, 4) is 0 Å². The molecule has 0 radical (unpaired) electrons. The van der Waals surface area contributed by atoms with E-state index in [9.17, 15) is 9.59 Å². The third-order valence-electron chi connectivity index (χ3n) is 5.95. The Morgan fingerprint density at radius 2 is 2.12 bits per heavy atom. The van der Waals surface area contributed by atoms with Gasteiger partial charge in [-0.2, -0.15) is 5.10 Å². The molecule has 4 rings (SSSR count). The highest BCUT2D eigenvalue weighted by atomic mass is 35.5. The fourth-order valence-corrected chi connectivity index (χ4v) is 4.14. The summed E-state index contributed by atoms with van der Waals surface area (Å²) >= 11 is 11.8. The molecule has 9 nitrogen and oxygen atoms in total. The number of hydrogen-bond donors (Lipinski definition) is 1. The van der Waals surface area contributed by atoms with E-state index in [1.807, 2.05) is 22.9 Å². The first-order chi connectivity index (χ1) is 15.9. The average molecular weight is 492 g/mol. The van der Waals surface area contributed by atoms with Gasteiger partial charge in [0.2, 0.25) is 5.82 Å². The molecule has 1 aliphatic carbocycles. The number of aryl methyl sites for hydroxylation is 1. The van der Waals surface area contributed by atoms with Crippen molar-refractivity contribution in [3.05, 3.63) is 47.7 Å². The van der Waals surface area contributed by atoms with E-state index >= 15 is 0 Å². The van der Waals surface area contributed by atoms with Crippen molar-refractivity contribution >= 4 is 40.8 Å². The van der Waals surface area contributed by atoms with Crippen LogP contribution < -0.4 is 10.2 Å². The van der Waals surface area contributed by atoms with Crippen LogP contribution in [0.2, 0.25) is 0 Å². The highest BCUT2D eigenvalue weighted by molar-refractivity contribution is 6.29. The number of aromatic nitrogens is 5. The first-order valence-corrected chi connectivity index (χ1v) is 11.9. The van der Waals surface area contributed by atoms with Crippen LogP contribution in [-0.2, 0) is 17.9 Å². The van der Waals surface area contributed by atoms with Crippen molar-refractivity contribution < 1.29 is 9.59 Å². The van der Waals surface area contributed by atoms with Crippen molar-refractivity contribution in [2.24, 2.45) is 5.92 Å². The Bertz CT molecular complexity index is 1070. The second-order valence-electron chi connectivity index (χ2n) is 8.43. The summed E-state index contributed by atoms with van der Waals surface area (Å²) in [7, 11) is 1.71. The fourth-order valence-electron chi connectivity index (χ4n) is 3.85. The summed E-state index contributed by atoms with van der Waals surface area (Å²) in [5.74, 6) is 0.929. The minimum atomic E-state index is -0.684. The van der Waals surface area contributed by atoms with Gasteiger partial charge in [0.25, 0.3) is 11.8 Å². The quantitative estimate of drug-likeness (QED) is 0.429. The minimum Gasteiger partial charge on any atom is -0.337 e. The molecule has 1 N–H and O–H groups in total. The molecule has 0 bridgehead atoms. The molecular weight excluding hydrogens is 465 g/mol. The number of nitrogens with one attached hydrogen (secondary N) is 1.